The van der Waals surface area contributed by atoms with E-state index in [2.05, 4.69) is 16.3 Å². The molecule has 0 saturated heterocycles. The van der Waals surface area contributed by atoms with Gasteiger partial charge in [0.05, 0.1) is 31.7 Å². The highest BCUT2D eigenvalue weighted by Crippen LogP contribution is 2.47. The third kappa shape index (κ3) is 3.73. The Hall–Kier alpha value is -3.99. The van der Waals surface area contributed by atoms with Crippen molar-refractivity contribution in [3.05, 3.63) is 47.5 Å². The Labute approximate surface area is 186 Å². The van der Waals surface area contributed by atoms with Gasteiger partial charge >= 0.3 is 0 Å². The summed E-state index contributed by atoms with van der Waals surface area (Å²) in [6.07, 6.45) is 0.678. The van der Waals surface area contributed by atoms with Crippen LogP contribution in [0.15, 0.2) is 46.6 Å². The summed E-state index contributed by atoms with van der Waals surface area (Å²) in [5, 5.41) is 29.2. The van der Waals surface area contributed by atoms with Crippen LogP contribution in [-0.2, 0) is 13.0 Å². The van der Waals surface area contributed by atoms with E-state index in [1.807, 2.05) is 26.0 Å². The van der Waals surface area contributed by atoms with Crippen LogP contribution < -0.4 is 14.2 Å². The fourth-order valence-corrected chi connectivity index (χ4v) is 3.85. The van der Waals surface area contributed by atoms with E-state index in [4.69, 9.17) is 14.2 Å². The Bertz CT molecular complexity index is 1210. The molecule has 0 radical (unpaired) electrons. The van der Waals surface area contributed by atoms with E-state index in [0.29, 0.717) is 54.8 Å². The molecule has 3 aromatic rings. The number of aromatic nitrogens is 1. The third-order valence-corrected chi connectivity index (χ3v) is 5.29. The van der Waals surface area contributed by atoms with Gasteiger partial charge in [0.25, 0.3) is 0 Å². The first-order valence-corrected chi connectivity index (χ1v) is 10.4. The molecule has 32 heavy (non-hydrogen) atoms. The van der Waals surface area contributed by atoms with Crippen molar-refractivity contribution in [2.45, 2.75) is 26.8 Å². The molecule has 1 N–H and O–H groups in total. The van der Waals surface area contributed by atoms with Gasteiger partial charge in [0, 0.05) is 12.1 Å². The minimum absolute atomic E-state index is 0.0775. The van der Waals surface area contributed by atoms with Crippen molar-refractivity contribution in [1.29, 1.82) is 5.26 Å². The van der Waals surface area contributed by atoms with Crippen LogP contribution in [0.2, 0.25) is 0 Å². The van der Waals surface area contributed by atoms with Crippen LogP contribution in [0.5, 0.6) is 23.1 Å². The number of benzene rings is 2. The Morgan fingerprint density at radius 2 is 1.75 bits per heavy atom. The summed E-state index contributed by atoms with van der Waals surface area (Å²) in [7, 11) is 1.59. The van der Waals surface area contributed by atoms with Gasteiger partial charge in [0.1, 0.15) is 17.4 Å². The number of aromatic hydroxyl groups is 1. The fraction of sp³-hybridized carbons (Fsp3) is 0.292. The largest absolute Gasteiger partial charge is 0.497 e. The molecule has 2 heterocycles. The Balaban J connectivity index is 1.81. The molecule has 0 bridgehead atoms. The molecular formula is C24H24N4O4. The normalized spacial score (nSPS) is 12.2. The van der Waals surface area contributed by atoms with Crippen LogP contribution in [0, 0.1) is 11.3 Å². The monoisotopic (exact) mass is 432 g/mol. The predicted molar refractivity (Wildman–Crippen MR) is 119 cm³/mol. The molecule has 1 aliphatic rings. The number of rotatable bonds is 7. The van der Waals surface area contributed by atoms with Crippen molar-refractivity contribution < 1.29 is 19.3 Å². The smallest absolute Gasteiger partial charge is 0.221 e. The Morgan fingerprint density at radius 1 is 1.06 bits per heavy atom. The quantitative estimate of drug-likeness (QED) is 0.496. The highest BCUT2D eigenvalue weighted by molar-refractivity contribution is 5.83. The van der Waals surface area contributed by atoms with Crippen LogP contribution in [0.1, 0.15) is 25.0 Å². The Kier molecular flexibility index (Phi) is 5.99. The zero-order valence-corrected chi connectivity index (χ0v) is 18.3. The minimum Gasteiger partial charge on any atom is -0.497 e. The van der Waals surface area contributed by atoms with Crippen molar-refractivity contribution in [2.24, 2.45) is 10.2 Å². The maximum atomic E-state index is 10.9. The second-order valence-corrected chi connectivity index (χ2v) is 7.13. The SMILES string of the molecule is CCOc1cc2c(cc1OCC)-c1c(C#N)c(N=Nc3ccc(OC)cc3)c(O)n1CC2. The molecule has 0 amide bonds. The zero-order chi connectivity index (χ0) is 22.7. The van der Waals surface area contributed by atoms with Gasteiger partial charge in [-0.2, -0.15) is 10.4 Å². The zero-order valence-electron chi connectivity index (χ0n) is 18.3. The van der Waals surface area contributed by atoms with Crippen molar-refractivity contribution in [3.63, 3.8) is 0 Å². The summed E-state index contributed by atoms with van der Waals surface area (Å²) in [4.78, 5) is 0. The fourth-order valence-electron chi connectivity index (χ4n) is 3.85. The van der Waals surface area contributed by atoms with Crippen LogP contribution in [-0.4, -0.2) is 30.0 Å². The number of nitriles is 1. The first kappa shape index (κ1) is 21.2. The average Bonchev–Trinajstić information content (AvgIpc) is 3.10. The minimum atomic E-state index is -0.0775. The molecular weight excluding hydrogens is 408 g/mol. The van der Waals surface area contributed by atoms with E-state index in [-0.39, 0.29) is 17.1 Å². The number of azo groups is 1. The van der Waals surface area contributed by atoms with Crippen molar-refractivity contribution in [3.8, 4) is 40.5 Å². The summed E-state index contributed by atoms with van der Waals surface area (Å²) in [5.41, 5.74) is 3.46. The van der Waals surface area contributed by atoms with E-state index in [0.717, 1.165) is 11.1 Å². The first-order valence-electron chi connectivity index (χ1n) is 10.4. The highest BCUT2D eigenvalue weighted by Gasteiger charge is 2.29. The molecule has 8 heteroatoms. The van der Waals surface area contributed by atoms with E-state index >= 15 is 0 Å². The number of ether oxygens (including phenoxy) is 3. The predicted octanol–water partition coefficient (Wildman–Crippen LogP) is 5.51. The van der Waals surface area contributed by atoms with Gasteiger partial charge in [-0.3, -0.25) is 0 Å². The van der Waals surface area contributed by atoms with Gasteiger partial charge < -0.3 is 23.9 Å². The van der Waals surface area contributed by atoms with Crippen molar-refractivity contribution >= 4 is 11.4 Å². The molecule has 164 valence electrons. The molecule has 0 atom stereocenters. The van der Waals surface area contributed by atoms with Crippen LogP contribution in [0.3, 0.4) is 0 Å². The van der Waals surface area contributed by atoms with Gasteiger partial charge in [-0.25, -0.2) is 0 Å². The van der Waals surface area contributed by atoms with Crippen LogP contribution in [0.4, 0.5) is 11.4 Å². The number of fused-ring (bicyclic) bond motifs is 3. The molecule has 0 unspecified atom stereocenters. The van der Waals surface area contributed by atoms with Gasteiger partial charge in [-0.05, 0) is 62.2 Å². The second-order valence-electron chi connectivity index (χ2n) is 7.13. The molecule has 0 fully saturated rings. The van der Waals surface area contributed by atoms with E-state index in [1.165, 1.54) is 0 Å². The lowest BCUT2D eigenvalue weighted by molar-refractivity contribution is 0.287. The van der Waals surface area contributed by atoms with E-state index in [9.17, 15) is 10.4 Å². The number of hydrogen-bond donors (Lipinski definition) is 1. The number of methoxy groups -OCH3 is 1. The third-order valence-electron chi connectivity index (χ3n) is 5.29. The summed E-state index contributed by atoms with van der Waals surface area (Å²) in [6, 6.07) is 13.1. The summed E-state index contributed by atoms with van der Waals surface area (Å²) in [5.74, 6) is 1.91. The summed E-state index contributed by atoms with van der Waals surface area (Å²) < 4.78 is 18.4. The average molecular weight is 432 g/mol. The molecule has 1 aliphatic heterocycles. The topological polar surface area (TPSA) is 101 Å². The molecule has 0 saturated carbocycles. The van der Waals surface area contributed by atoms with Crippen LogP contribution >= 0.6 is 0 Å². The standard InChI is InChI=1S/C24H24N4O4/c1-4-31-20-12-15-10-11-28-23(18(15)13-21(20)32-5-2)19(14-25)22(24(28)29)27-26-16-6-8-17(30-3)9-7-16/h6-9,12-13,29H,4-5,10-11H2,1-3H3. The molecule has 2 aromatic carbocycles. The number of hydrogen-bond acceptors (Lipinski definition) is 7. The van der Waals surface area contributed by atoms with Gasteiger partial charge in [0.15, 0.2) is 17.2 Å². The molecule has 0 aliphatic carbocycles. The van der Waals surface area contributed by atoms with Gasteiger partial charge in [-0.1, -0.05) is 0 Å². The van der Waals surface area contributed by atoms with Crippen LogP contribution in [0.25, 0.3) is 11.3 Å². The van der Waals surface area contributed by atoms with Gasteiger partial charge in [0.2, 0.25) is 5.88 Å². The maximum Gasteiger partial charge on any atom is 0.221 e. The van der Waals surface area contributed by atoms with E-state index < -0.39 is 0 Å². The lowest BCUT2D eigenvalue weighted by Crippen LogP contribution is -2.12. The summed E-state index contributed by atoms with van der Waals surface area (Å²) >= 11 is 0. The second kappa shape index (κ2) is 9.02. The Morgan fingerprint density at radius 3 is 2.38 bits per heavy atom. The maximum absolute atomic E-state index is 10.9. The van der Waals surface area contributed by atoms with E-state index in [1.54, 1.807) is 35.9 Å². The number of nitrogens with zero attached hydrogens (tertiary/aromatic N) is 4. The molecule has 8 nitrogen and oxygen atoms in total. The first-order chi connectivity index (χ1) is 15.6. The molecule has 4 rings (SSSR count). The molecule has 0 spiro atoms. The lowest BCUT2D eigenvalue weighted by Gasteiger charge is -2.22. The van der Waals surface area contributed by atoms with Crippen molar-refractivity contribution in [1.82, 2.24) is 4.57 Å². The van der Waals surface area contributed by atoms with Gasteiger partial charge in [-0.15, -0.1) is 5.11 Å². The highest BCUT2D eigenvalue weighted by atomic mass is 16.5. The summed E-state index contributed by atoms with van der Waals surface area (Å²) in [6.45, 7) is 5.35. The number of aryl methyl sites for hydroxylation is 1. The molecule has 1 aromatic heterocycles. The van der Waals surface area contributed by atoms with Crippen molar-refractivity contribution in [2.75, 3.05) is 20.3 Å². The lowest BCUT2D eigenvalue weighted by atomic mass is 9.95.